The lowest BCUT2D eigenvalue weighted by Crippen LogP contribution is -2.25. The van der Waals surface area contributed by atoms with Crippen molar-refractivity contribution in [3.8, 4) is 22.6 Å². The fourth-order valence-corrected chi connectivity index (χ4v) is 2.26. The predicted molar refractivity (Wildman–Crippen MR) is 79.7 cm³/mol. The monoisotopic (exact) mass is 338 g/mol. The lowest BCUT2D eigenvalue weighted by Gasteiger charge is -2.07. The molecule has 23 heavy (non-hydrogen) atoms. The van der Waals surface area contributed by atoms with Crippen LogP contribution >= 0.6 is 11.6 Å². The van der Waals surface area contributed by atoms with E-state index >= 15 is 0 Å². The van der Waals surface area contributed by atoms with Crippen LogP contribution in [0.4, 0.5) is 14.6 Å². The van der Waals surface area contributed by atoms with Crippen molar-refractivity contribution in [1.82, 2.24) is 4.98 Å². The van der Waals surface area contributed by atoms with Crippen LogP contribution in [0.2, 0.25) is 5.02 Å². The van der Waals surface area contributed by atoms with Crippen LogP contribution in [0.15, 0.2) is 43.1 Å². The molecule has 1 aliphatic heterocycles. The van der Waals surface area contributed by atoms with Gasteiger partial charge in [-0.1, -0.05) is 18.2 Å². The number of aromatic nitrogens is 1. The summed E-state index contributed by atoms with van der Waals surface area (Å²) in [7, 11) is 0. The average molecular weight is 339 g/mol. The number of amides is 1. The van der Waals surface area contributed by atoms with E-state index in [-0.39, 0.29) is 16.5 Å². The summed E-state index contributed by atoms with van der Waals surface area (Å²) in [5.74, 6) is -0.319. The number of ether oxygens (including phenoxy) is 2. The van der Waals surface area contributed by atoms with Gasteiger partial charge in [0.25, 0.3) is 0 Å². The molecule has 1 amide bonds. The molecule has 1 N–H and O–H groups in total. The second kappa shape index (κ2) is 5.51. The Morgan fingerprint density at radius 2 is 2.00 bits per heavy atom. The molecule has 0 fully saturated rings. The number of nitrogens with one attached hydrogen (secondary N) is 1. The van der Waals surface area contributed by atoms with Crippen LogP contribution < -0.4 is 14.8 Å². The molecular weight excluding hydrogens is 330 g/mol. The molecule has 1 aliphatic rings. The van der Waals surface area contributed by atoms with E-state index in [0.29, 0.717) is 16.9 Å². The van der Waals surface area contributed by atoms with Crippen LogP contribution in [0.5, 0.6) is 11.5 Å². The number of alkyl halides is 2. The Hall–Kier alpha value is -2.67. The van der Waals surface area contributed by atoms with Crippen LogP contribution in [0.3, 0.4) is 0 Å². The van der Waals surface area contributed by atoms with Gasteiger partial charge in [-0.3, -0.25) is 4.79 Å². The lowest BCUT2D eigenvalue weighted by molar-refractivity contribution is -0.286. The summed E-state index contributed by atoms with van der Waals surface area (Å²) < 4.78 is 34.9. The molecule has 8 heteroatoms. The van der Waals surface area contributed by atoms with Crippen molar-refractivity contribution in [2.75, 3.05) is 5.32 Å². The Labute approximate surface area is 134 Å². The Balaban J connectivity index is 1.91. The molecule has 118 valence electrons. The molecular formula is C15H9ClF2N2O3. The van der Waals surface area contributed by atoms with Gasteiger partial charge >= 0.3 is 6.29 Å². The summed E-state index contributed by atoms with van der Waals surface area (Å²) >= 11 is 6.09. The maximum absolute atomic E-state index is 13.1. The number of rotatable bonds is 3. The Kier molecular flexibility index (Phi) is 3.65. The van der Waals surface area contributed by atoms with Crippen molar-refractivity contribution < 1.29 is 23.0 Å². The minimum Gasteiger partial charge on any atom is -0.395 e. The molecule has 0 unspecified atom stereocenters. The number of halogens is 3. The number of anilines is 1. The summed E-state index contributed by atoms with van der Waals surface area (Å²) in [5, 5.41) is 2.70. The fraction of sp³-hybridized carbons (Fsp3) is 0.0667. The van der Waals surface area contributed by atoms with Crippen molar-refractivity contribution in [3.63, 3.8) is 0 Å². The van der Waals surface area contributed by atoms with E-state index in [9.17, 15) is 13.6 Å². The van der Waals surface area contributed by atoms with Crippen LogP contribution in [0, 0.1) is 0 Å². The summed E-state index contributed by atoms with van der Waals surface area (Å²) in [6.07, 6.45) is -1.15. The zero-order valence-electron chi connectivity index (χ0n) is 11.5. The third kappa shape index (κ3) is 3.09. The molecule has 5 nitrogen and oxygen atoms in total. The molecule has 3 rings (SSSR count). The number of hydrogen-bond donors (Lipinski definition) is 1. The van der Waals surface area contributed by atoms with Gasteiger partial charge in [-0.2, -0.15) is 0 Å². The van der Waals surface area contributed by atoms with Crippen molar-refractivity contribution in [3.05, 3.63) is 48.1 Å². The SMILES string of the molecule is C=CC(=O)Nc1ccc(-c2cc3c(cc2Cl)OC(F)(F)O3)cn1. The van der Waals surface area contributed by atoms with E-state index < -0.39 is 12.2 Å². The van der Waals surface area contributed by atoms with Crippen molar-refractivity contribution in [2.24, 2.45) is 0 Å². The fourth-order valence-electron chi connectivity index (χ4n) is 2.00. The van der Waals surface area contributed by atoms with E-state index in [2.05, 4.69) is 26.4 Å². The second-order valence-electron chi connectivity index (χ2n) is 4.57. The molecule has 0 radical (unpaired) electrons. The van der Waals surface area contributed by atoms with Gasteiger partial charge in [0.05, 0.1) is 5.02 Å². The van der Waals surface area contributed by atoms with Gasteiger partial charge in [0.15, 0.2) is 11.5 Å². The minimum atomic E-state index is -3.71. The summed E-state index contributed by atoms with van der Waals surface area (Å²) in [6.45, 7) is 3.33. The highest BCUT2D eigenvalue weighted by atomic mass is 35.5. The molecule has 0 bridgehead atoms. The van der Waals surface area contributed by atoms with Crippen molar-refractivity contribution >= 4 is 23.3 Å². The molecule has 0 atom stereocenters. The van der Waals surface area contributed by atoms with Crippen LogP contribution in [0.1, 0.15) is 0 Å². The molecule has 0 aliphatic carbocycles. The number of pyridine rings is 1. The maximum Gasteiger partial charge on any atom is 0.586 e. The quantitative estimate of drug-likeness (QED) is 0.864. The highest BCUT2D eigenvalue weighted by Gasteiger charge is 2.43. The molecule has 0 saturated carbocycles. The van der Waals surface area contributed by atoms with Crippen LogP contribution in [-0.2, 0) is 4.79 Å². The van der Waals surface area contributed by atoms with E-state index in [4.69, 9.17) is 11.6 Å². The lowest BCUT2D eigenvalue weighted by atomic mass is 10.1. The summed E-state index contributed by atoms with van der Waals surface area (Å²) in [6, 6.07) is 5.78. The van der Waals surface area contributed by atoms with Gasteiger partial charge in [-0.15, -0.1) is 8.78 Å². The minimum absolute atomic E-state index is 0.113. The molecule has 1 aromatic carbocycles. The number of benzene rings is 1. The van der Waals surface area contributed by atoms with E-state index in [1.807, 2.05) is 0 Å². The molecule has 2 heterocycles. The van der Waals surface area contributed by atoms with Crippen LogP contribution in [0.25, 0.3) is 11.1 Å². The van der Waals surface area contributed by atoms with Crippen molar-refractivity contribution in [1.29, 1.82) is 0 Å². The van der Waals surface area contributed by atoms with Gasteiger partial charge in [0.1, 0.15) is 5.82 Å². The standard InChI is InChI=1S/C15H9ClF2N2O3/c1-2-14(21)20-13-4-3-8(7-19-13)9-5-11-12(6-10(9)16)23-15(17,18)22-11/h2-7H,1H2,(H,19,20,21). The number of hydrogen-bond acceptors (Lipinski definition) is 4. The average Bonchev–Trinajstić information content (AvgIpc) is 2.80. The van der Waals surface area contributed by atoms with E-state index in [0.717, 1.165) is 6.08 Å². The third-order valence-electron chi connectivity index (χ3n) is 3.00. The zero-order chi connectivity index (χ0) is 16.6. The number of fused-ring (bicyclic) bond motifs is 1. The van der Waals surface area contributed by atoms with Gasteiger partial charge in [-0.25, -0.2) is 4.98 Å². The van der Waals surface area contributed by atoms with Gasteiger partial charge in [0.2, 0.25) is 5.91 Å². The first-order chi connectivity index (χ1) is 10.9. The molecule has 1 aromatic heterocycles. The number of carbonyl (C=O) groups excluding carboxylic acids is 1. The topological polar surface area (TPSA) is 60.5 Å². The highest BCUT2D eigenvalue weighted by molar-refractivity contribution is 6.33. The van der Waals surface area contributed by atoms with Crippen molar-refractivity contribution in [2.45, 2.75) is 6.29 Å². The first-order valence-electron chi connectivity index (χ1n) is 6.37. The molecule has 0 spiro atoms. The largest absolute Gasteiger partial charge is 0.586 e. The Morgan fingerprint density at radius 1 is 1.30 bits per heavy atom. The Bertz CT molecular complexity index is 794. The number of carbonyl (C=O) groups is 1. The van der Waals surface area contributed by atoms with E-state index in [1.54, 1.807) is 12.1 Å². The second-order valence-corrected chi connectivity index (χ2v) is 4.98. The Morgan fingerprint density at radius 3 is 2.61 bits per heavy atom. The highest BCUT2D eigenvalue weighted by Crippen LogP contribution is 2.45. The smallest absolute Gasteiger partial charge is 0.395 e. The number of nitrogens with zero attached hydrogens (tertiary/aromatic N) is 1. The van der Waals surface area contributed by atoms with E-state index in [1.165, 1.54) is 18.3 Å². The van der Waals surface area contributed by atoms with Gasteiger partial charge in [0, 0.05) is 23.4 Å². The maximum atomic E-state index is 13.1. The summed E-state index contributed by atoms with van der Waals surface area (Å²) in [4.78, 5) is 15.2. The normalized spacial score (nSPS) is 14.4. The molecule has 2 aromatic rings. The van der Waals surface area contributed by atoms with Gasteiger partial charge < -0.3 is 14.8 Å². The first-order valence-corrected chi connectivity index (χ1v) is 6.75. The zero-order valence-corrected chi connectivity index (χ0v) is 12.2. The van der Waals surface area contributed by atoms with Crippen LogP contribution in [-0.4, -0.2) is 17.2 Å². The third-order valence-corrected chi connectivity index (χ3v) is 3.31. The predicted octanol–water partition coefficient (Wildman–Crippen LogP) is 3.85. The summed E-state index contributed by atoms with van der Waals surface area (Å²) in [5.41, 5.74) is 1.01. The van der Waals surface area contributed by atoms with Gasteiger partial charge in [-0.05, 0) is 24.3 Å². The first kappa shape index (κ1) is 15.2. The molecule has 0 saturated heterocycles.